The van der Waals surface area contributed by atoms with Crippen molar-refractivity contribution in [1.82, 2.24) is 0 Å². The smallest absolute Gasteiger partial charge is 0.336 e. The SMILES string of the molecule is Cc1cc(C)cc(OC(=O)/C=C/c2cccc([N+](=O)[O-])c2)c1. The van der Waals surface area contributed by atoms with Gasteiger partial charge in [0, 0.05) is 18.2 Å². The van der Waals surface area contributed by atoms with Gasteiger partial charge in [0.05, 0.1) is 4.92 Å². The van der Waals surface area contributed by atoms with Gasteiger partial charge in [0.1, 0.15) is 5.75 Å². The molecule has 0 spiro atoms. The molecule has 0 fully saturated rings. The van der Waals surface area contributed by atoms with Gasteiger partial charge in [-0.05, 0) is 48.7 Å². The second-order valence-electron chi connectivity index (χ2n) is 4.93. The van der Waals surface area contributed by atoms with E-state index in [1.807, 2.05) is 19.9 Å². The number of benzene rings is 2. The summed E-state index contributed by atoms with van der Waals surface area (Å²) in [5.74, 6) is -0.0531. The number of nitrogens with zero attached hydrogens (tertiary/aromatic N) is 1. The van der Waals surface area contributed by atoms with Crippen molar-refractivity contribution in [2.24, 2.45) is 0 Å². The third-order valence-corrected chi connectivity index (χ3v) is 2.91. The number of hydrogen-bond donors (Lipinski definition) is 0. The van der Waals surface area contributed by atoms with Crippen LogP contribution in [0.3, 0.4) is 0 Å². The van der Waals surface area contributed by atoms with Crippen LogP contribution in [-0.2, 0) is 4.79 Å². The maximum atomic E-state index is 11.8. The van der Waals surface area contributed by atoms with E-state index >= 15 is 0 Å². The normalized spacial score (nSPS) is 10.6. The Labute approximate surface area is 128 Å². The fraction of sp³-hybridized carbons (Fsp3) is 0.118. The summed E-state index contributed by atoms with van der Waals surface area (Å²) in [4.78, 5) is 22.0. The van der Waals surface area contributed by atoms with Crippen molar-refractivity contribution < 1.29 is 14.5 Å². The molecule has 5 nitrogen and oxygen atoms in total. The highest BCUT2D eigenvalue weighted by Gasteiger charge is 2.05. The minimum absolute atomic E-state index is 0.0233. The van der Waals surface area contributed by atoms with Crippen molar-refractivity contribution in [3.05, 3.63) is 75.3 Å². The molecule has 0 aromatic heterocycles. The van der Waals surface area contributed by atoms with E-state index in [0.29, 0.717) is 11.3 Å². The molecule has 0 unspecified atom stereocenters. The minimum Gasteiger partial charge on any atom is -0.423 e. The summed E-state index contributed by atoms with van der Waals surface area (Å²) in [6, 6.07) is 11.5. The van der Waals surface area contributed by atoms with Crippen LogP contribution in [0, 0.1) is 24.0 Å². The summed E-state index contributed by atoms with van der Waals surface area (Å²) >= 11 is 0. The fourth-order valence-corrected chi connectivity index (χ4v) is 2.05. The molecule has 0 heterocycles. The van der Waals surface area contributed by atoms with Gasteiger partial charge in [-0.15, -0.1) is 0 Å². The van der Waals surface area contributed by atoms with Gasteiger partial charge in [-0.3, -0.25) is 10.1 Å². The number of nitro benzene ring substituents is 1. The zero-order valence-corrected chi connectivity index (χ0v) is 12.3. The molecule has 2 rings (SSSR count). The van der Waals surface area contributed by atoms with Crippen molar-refractivity contribution >= 4 is 17.7 Å². The standard InChI is InChI=1S/C17H15NO4/c1-12-8-13(2)10-16(9-12)22-17(19)7-6-14-4-3-5-15(11-14)18(20)21/h3-11H,1-2H3/b7-6+. The maximum Gasteiger partial charge on any atom is 0.336 e. The molecular formula is C17H15NO4. The van der Waals surface area contributed by atoms with E-state index in [4.69, 9.17) is 4.74 Å². The van der Waals surface area contributed by atoms with Crippen LogP contribution in [0.5, 0.6) is 5.75 Å². The average Bonchev–Trinajstić information content (AvgIpc) is 2.44. The largest absolute Gasteiger partial charge is 0.423 e. The van der Waals surface area contributed by atoms with E-state index in [0.717, 1.165) is 11.1 Å². The lowest BCUT2D eigenvalue weighted by molar-refractivity contribution is -0.384. The molecule has 0 saturated carbocycles. The van der Waals surface area contributed by atoms with Gasteiger partial charge < -0.3 is 4.74 Å². The lowest BCUT2D eigenvalue weighted by Gasteiger charge is -2.04. The first-order valence-electron chi connectivity index (χ1n) is 6.67. The van der Waals surface area contributed by atoms with Crippen LogP contribution in [0.15, 0.2) is 48.5 Å². The Hall–Kier alpha value is -2.95. The monoisotopic (exact) mass is 297 g/mol. The average molecular weight is 297 g/mol. The van der Waals surface area contributed by atoms with Gasteiger partial charge in [-0.25, -0.2) is 4.79 Å². The first kappa shape index (κ1) is 15.4. The highest BCUT2D eigenvalue weighted by Crippen LogP contribution is 2.17. The number of ether oxygens (including phenoxy) is 1. The zero-order chi connectivity index (χ0) is 16.1. The molecule has 0 radical (unpaired) electrons. The molecule has 0 saturated heterocycles. The van der Waals surface area contributed by atoms with E-state index < -0.39 is 10.9 Å². The molecular weight excluding hydrogens is 282 g/mol. The predicted molar refractivity (Wildman–Crippen MR) is 83.7 cm³/mol. The van der Waals surface area contributed by atoms with Gasteiger partial charge in [0.15, 0.2) is 0 Å². The molecule has 0 aliphatic heterocycles. The highest BCUT2D eigenvalue weighted by molar-refractivity contribution is 5.88. The molecule has 0 aliphatic carbocycles. The zero-order valence-electron chi connectivity index (χ0n) is 12.3. The van der Waals surface area contributed by atoms with Crippen LogP contribution in [-0.4, -0.2) is 10.9 Å². The van der Waals surface area contributed by atoms with Crippen LogP contribution in [0.4, 0.5) is 5.69 Å². The highest BCUT2D eigenvalue weighted by atomic mass is 16.6. The molecule has 0 aliphatic rings. The number of rotatable bonds is 4. The fourth-order valence-electron chi connectivity index (χ4n) is 2.05. The quantitative estimate of drug-likeness (QED) is 0.283. The second kappa shape index (κ2) is 6.67. The van der Waals surface area contributed by atoms with E-state index in [2.05, 4.69) is 0 Å². The van der Waals surface area contributed by atoms with Gasteiger partial charge in [-0.2, -0.15) is 0 Å². The van der Waals surface area contributed by atoms with Gasteiger partial charge in [-0.1, -0.05) is 18.2 Å². The molecule has 2 aromatic carbocycles. The van der Waals surface area contributed by atoms with Gasteiger partial charge in [0.25, 0.3) is 5.69 Å². The first-order chi connectivity index (χ1) is 10.4. The Morgan fingerprint density at radius 2 is 1.82 bits per heavy atom. The lowest BCUT2D eigenvalue weighted by atomic mass is 10.1. The third kappa shape index (κ3) is 4.28. The van der Waals surface area contributed by atoms with Crippen LogP contribution < -0.4 is 4.74 Å². The Morgan fingerprint density at radius 3 is 2.45 bits per heavy atom. The second-order valence-corrected chi connectivity index (χ2v) is 4.93. The van der Waals surface area contributed by atoms with Crippen molar-refractivity contribution in [1.29, 1.82) is 0 Å². The van der Waals surface area contributed by atoms with E-state index in [1.54, 1.807) is 24.3 Å². The summed E-state index contributed by atoms with van der Waals surface area (Å²) in [5.41, 5.74) is 2.55. The Kier molecular flexibility index (Phi) is 4.68. The van der Waals surface area contributed by atoms with Crippen molar-refractivity contribution in [2.75, 3.05) is 0 Å². The minimum atomic E-state index is -0.531. The molecule has 5 heteroatoms. The lowest BCUT2D eigenvalue weighted by Crippen LogP contribution is -2.04. The first-order valence-corrected chi connectivity index (χ1v) is 6.67. The molecule has 0 N–H and O–H groups in total. The van der Waals surface area contributed by atoms with E-state index in [9.17, 15) is 14.9 Å². The molecule has 0 bridgehead atoms. The van der Waals surface area contributed by atoms with Gasteiger partial charge in [0.2, 0.25) is 0 Å². The van der Waals surface area contributed by atoms with Crippen LogP contribution >= 0.6 is 0 Å². The van der Waals surface area contributed by atoms with Crippen LogP contribution in [0.1, 0.15) is 16.7 Å². The summed E-state index contributed by atoms with van der Waals surface area (Å²) in [7, 11) is 0. The third-order valence-electron chi connectivity index (χ3n) is 2.91. The molecule has 22 heavy (non-hydrogen) atoms. The van der Waals surface area contributed by atoms with Crippen LogP contribution in [0.2, 0.25) is 0 Å². The Morgan fingerprint density at radius 1 is 1.14 bits per heavy atom. The number of aryl methyl sites for hydroxylation is 2. The predicted octanol–water partition coefficient (Wildman–Crippen LogP) is 3.83. The summed E-state index contributed by atoms with van der Waals surface area (Å²) < 4.78 is 5.22. The number of non-ortho nitro benzene ring substituents is 1. The number of esters is 1. The summed E-state index contributed by atoms with van der Waals surface area (Å²) in [6.45, 7) is 3.84. The van der Waals surface area contributed by atoms with E-state index in [1.165, 1.54) is 24.3 Å². The topological polar surface area (TPSA) is 69.4 Å². The molecule has 0 atom stereocenters. The van der Waals surface area contributed by atoms with Crippen molar-refractivity contribution in [3.63, 3.8) is 0 Å². The number of nitro groups is 1. The van der Waals surface area contributed by atoms with Crippen molar-refractivity contribution in [3.8, 4) is 5.75 Å². The molecule has 2 aromatic rings. The number of carbonyl (C=O) groups is 1. The Bertz CT molecular complexity index is 730. The molecule has 112 valence electrons. The van der Waals surface area contributed by atoms with Crippen molar-refractivity contribution in [2.45, 2.75) is 13.8 Å². The Balaban J connectivity index is 2.08. The summed E-state index contributed by atoms with van der Waals surface area (Å²) in [5, 5.41) is 10.7. The maximum absolute atomic E-state index is 11.8. The number of carbonyl (C=O) groups excluding carboxylic acids is 1. The summed E-state index contributed by atoms with van der Waals surface area (Å²) in [6.07, 6.45) is 2.73. The van der Waals surface area contributed by atoms with Gasteiger partial charge >= 0.3 is 5.97 Å². The van der Waals surface area contributed by atoms with E-state index in [-0.39, 0.29) is 5.69 Å². The van der Waals surface area contributed by atoms with Crippen LogP contribution in [0.25, 0.3) is 6.08 Å². The number of hydrogen-bond acceptors (Lipinski definition) is 4. The molecule has 0 amide bonds.